The summed E-state index contributed by atoms with van der Waals surface area (Å²) in [4.78, 5) is 12.0. The van der Waals surface area contributed by atoms with Crippen molar-refractivity contribution in [1.82, 2.24) is 5.32 Å². The molecule has 1 aliphatic rings. The van der Waals surface area contributed by atoms with Gasteiger partial charge in [0, 0.05) is 25.6 Å². The van der Waals surface area contributed by atoms with Crippen LogP contribution in [0.15, 0.2) is 29.8 Å². The lowest BCUT2D eigenvalue weighted by atomic mass is 9.97. The highest BCUT2D eigenvalue weighted by molar-refractivity contribution is 7.92. The number of nitrogens with one attached hydrogen (secondary N) is 1. The molecule has 2 rings (SSSR count). The molecule has 1 N–H and O–H groups in total. The Kier molecular flexibility index (Phi) is 7.14. The van der Waals surface area contributed by atoms with E-state index in [0.717, 1.165) is 42.0 Å². The summed E-state index contributed by atoms with van der Waals surface area (Å²) < 4.78 is 51.6. The number of amides is 1. The molecule has 0 radical (unpaired) electrons. The minimum Gasteiger partial charge on any atom is -0.356 e. The van der Waals surface area contributed by atoms with E-state index in [4.69, 9.17) is 0 Å². The fourth-order valence-electron chi connectivity index (χ4n) is 2.93. The number of hydrogen-bond acceptors (Lipinski definition) is 3. The fourth-order valence-corrected chi connectivity index (χ4v) is 3.86. The second-order valence-corrected chi connectivity index (χ2v) is 8.30. The van der Waals surface area contributed by atoms with Crippen LogP contribution in [0.5, 0.6) is 0 Å². The Bertz CT molecular complexity index is 779. The molecular weight excluding hydrogens is 362 g/mol. The molecule has 0 saturated heterocycles. The molecule has 0 fully saturated rings. The standard InChI is InChI=1S/C18H24F2N2O3S/c1-26(24,25)22(17-8-7-15(19)13-16(17)20)12-10-18(23)21-11-9-14-5-3-2-4-6-14/h5,7-8,13H,2-4,6,9-12H2,1H3,(H,21,23). The summed E-state index contributed by atoms with van der Waals surface area (Å²) in [6, 6.07) is 2.65. The van der Waals surface area contributed by atoms with Gasteiger partial charge in [-0.15, -0.1) is 0 Å². The Morgan fingerprint density at radius 3 is 2.65 bits per heavy atom. The number of benzene rings is 1. The number of halogens is 2. The lowest BCUT2D eigenvalue weighted by molar-refractivity contribution is -0.120. The highest BCUT2D eigenvalue weighted by Crippen LogP contribution is 2.23. The van der Waals surface area contributed by atoms with Gasteiger partial charge in [-0.25, -0.2) is 17.2 Å². The lowest BCUT2D eigenvalue weighted by Crippen LogP contribution is -2.35. The molecule has 0 heterocycles. The second kappa shape index (κ2) is 9.12. The molecule has 1 amide bonds. The molecule has 5 nitrogen and oxygen atoms in total. The van der Waals surface area contributed by atoms with Crippen molar-refractivity contribution in [2.75, 3.05) is 23.7 Å². The molecule has 0 aromatic heterocycles. The van der Waals surface area contributed by atoms with E-state index < -0.39 is 21.7 Å². The Hall–Kier alpha value is -1.96. The van der Waals surface area contributed by atoms with Crippen LogP contribution in [0.25, 0.3) is 0 Å². The van der Waals surface area contributed by atoms with Crippen LogP contribution in [-0.4, -0.2) is 33.7 Å². The van der Waals surface area contributed by atoms with Crippen molar-refractivity contribution >= 4 is 21.6 Å². The number of hydrogen-bond donors (Lipinski definition) is 1. The summed E-state index contributed by atoms with van der Waals surface area (Å²) in [5.74, 6) is -2.09. The first kappa shape index (κ1) is 20.4. The molecule has 8 heteroatoms. The first-order valence-electron chi connectivity index (χ1n) is 8.65. The molecule has 1 aliphatic carbocycles. The smallest absolute Gasteiger partial charge is 0.232 e. The van der Waals surface area contributed by atoms with Gasteiger partial charge in [-0.05, 0) is 44.2 Å². The largest absolute Gasteiger partial charge is 0.356 e. The maximum atomic E-state index is 13.9. The zero-order valence-corrected chi connectivity index (χ0v) is 15.6. The van der Waals surface area contributed by atoms with E-state index in [9.17, 15) is 22.0 Å². The van der Waals surface area contributed by atoms with E-state index in [1.165, 1.54) is 18.4 Å². The van der Waals surface area contributed by atoms with E-state index in [-0.39, 0.29) is 24.6 Å². The molecule has 1 aromatic carbocycles. The van der Waals surface area contributed by atoms with Gasteiger partial charge in [0.2, 0.25) is 15.9 Å². The molecule has 0 spiro atoms. The summed E-state index contributed by atoms with van der Waals surface area (Å²) >= 11 is 0. The van der Waals surface area contributed by atoms with Crippen molar-refractivity contribution in [1.29, 1.82) is 0 Å². The van der Waals surface area contributed by atoms with Crippen LogP contribution in [-0.2, 0) is 14.8 Å². The number of carbonyl (C=O) groups excluding carboxylic acids is 1. The zero-order chi connectivity index (χ0) is 19.2. The summed E-state index contributed by atoms with van der Waals surface area (Å²) in [6.07, 6.45) is 8.32. The number of allylic oxidation sites excluding steroid dienone is 1. The van der Waals surface area contributed by atoms with E-state index in [2.05, 4.69) is 11.4 Å². The van der Waals surface area contributed by atoms with E-state index in [1.54, 1.807) is 0 Å². The van der Waals surface area contributed by atoms with Crippen molar-refractivity contribution in [2.24, 2.45) is 0 Å². The van der Waals surface area contributed by atoms with Gasteiger partial charge < -0.3 is 5.32 Å². The molecule has 0 bridgehead atoms. The Labute approximate surface area is 153 Å². The first-order valence-corrected chi connectivity index (χ1v) is 10.5. The van der Waals surface area contributed by atoms with Crippen molar-refractivity contribution in [2.45, 2.75) is 38.5 Å². The fraction of sp³-hybridized carbons (Fsp3) is 0.500. The van der Waals surface area contributed by atoms with Gasteiger partial charge in [0.1, 0.15) is 11.6 Å². The van der Waals surface area contributed by atoms with Gasteiger partial charge in [-0.1, -0.05) is 11.6 Å². The molecule has 0 saturated carbocycles. The Balaban J connectivity index is 1.90. The highest BCUT2D eigenvalue weighted by atomic mass is 32.2. The van der Waals surface area contributed by atoms with Gasteiger partial charge in [0.25, 0.3) is 0 Å². The van der Waals surface area contributed by atoms with Gasteiger partial charge in [-0.2, -0.15) is 0 Å². The predicted molar refractivity (Wildman–Crippen MR) is 97.3 cm³/mol. The SMILES string of the molecule is CS(=O)(=O)N(CCC(=O)NCCC1=CCCCC1)c1ccc(F)cc1F. The maximum absolute atomic E-state index is 13.9. The lowest BCUT2D eigenvalue weighted by Gasteiger charge is -2.22. The average Bonchev–Trinajstić information content (AvgIpc) is 2.56. The van der Waals surface area contributed by atoms with E-state index >= 15 is 0 Å². The minimum atomic E-state index is -3.80. The monoisotopic (exact) mass is 386 g/mol. The van der Waals surface area contributed by atoms with E-state index in [1.807, 2.05) is 0 Å². The highest BCUT2D eigenvalue weighted by Gasteiger charge is 2.22. The minimum absolute atomic E-state index is 0.108. The second-order valence-electron chi connectivity index (χ2n) is 6.39. The van der Waals surface area contributed by atoms with Crippen LogP contribution in [0.4, 0.5) is 14.5 Å². The number of carbonyl (C=O) groups is 1. The molecule has 26 heavy (non-hydrogen) atoms. The molecule has 0 unspecified atom stereocenters. The molecule has 0 aliphatic heterocycles. The van der Waals surface area contributed by atoms with Crippen LogP contribution in [0.2, 0.25) is 0 Å². The maximum Gasteiger partial charge on any atom is 0.232 e. The third-order valence-corrected chi connectivity index (χ3v) is 5.45. The first-order chi connectivity index (χ1) is 12.3. The summed E-state index contributed by atoms with van der Waals surface area (Å²) in [5.41, 5.74) is 1.07. The van der Waals surface area contributed by atoms with Crippen LogP contribution in [0.1, 0.15) is 38.5 Å². The molecule has 0 atom stereocenters. The number of nitrogens with zero attached hydrogens (tertiary/aromatic N) is 1. The average molecular weight is 386 g/mol. The van der Waals surface area contributed by atoms with Crippen molar-refractivity contribution < 1.29 is 22.0 Å². The quantitative estimate of drug-likeness (QED) is 0.698. The third-order valence-electron chi connectivity index (χ3n) is 4.27. The predicted octanol–water partition coefficient (Wildman–Crippen LogP) is 3.13. The summed E-state index contributed by atoms with van der Waals surface area (Å²) in [5, 5.41) is 2.76. The van der Waals surface area contributed by atoms with Crippen molar-refractivity contribution in [3.8, 4) is 0 Å². The van der Waals surface area contributed by atoms with Crippen LogP contribution >= 0.6 is 0 Å². The van der Waals surface area contributed by atoms with Crippen LogP contribution < -0.4 is 9.62 Å². The van der Waals surface area contributed by atoms with Crippen LogP contribution in [0.3, 0.4) is 0 Å². The van der Waals surface area contributed by atoms with E-state index in [0.29, 0.717) is 12.6 Å². The van der Waals surface area contributed by atoms with Gasteiger partial charge >= 0.3 is 0 Å². The summed E-state index contributed by atoms with van der Waals surface area (Å²) in [6.45, 7) is 0.282. The number of sulfonamides is 1. The Morgan fingerprint density at radius 1 is 1.27 bits per heavy atom. The number of rotatable bonds is 8. The summed E-state index contributed by atoms with van der Waals surface area (Å²) in [7, 11) is -3.80. The van der Waals surface area contributed by atoms with Gasteiger partial charge in [-0.3, -0.25) is 9.10 Å². The van der Waals surface area contributed by atoms with Crippen molar-refractivity contribution in [3.63, 3.8) is 0 Å². The van der Waals surface area contributed by atoms with Crippen LogP contribution in [0, 0.1) is 11.6 Å². The molecule has 1 aromatic rings. The number of anilines is 1. The van der Waals surface area contributed by atoms with Crippen molar-refractivity contribution in [3.05, 3.63) is 41.5 Å². The zero-order valence-electron chi connectivity index (χ0n) is 14.8. The Morgan fingerprint density at radius 2 is 2.04 bits per heavy atom. The third kappa shape index (κ3) is 6.09. The van der Waals surface area contributed by atoms with Gasteiger partial charge in [0.05, 0.1) is 11.9 Å². The normalized spacial score (nSPS) is 14.7. The van der Waals surface area contributed by atoms with Gasteiger partial charge in [0.15, 0.2) is 0 Å². The molecule has 144 valence electrons. The topological polar surface area (TPSA) is 66.5 Å². The molecular formula is C18H24F2N2O3S.